The van der Waals surface area contributed by atoms with E-state index in [9.17, 15) is 4.79 Å². The first-order valence-corrected chi connectivity index (χ1v) is 8.92. The molecule has 6 nitrogen and oxygen atoms in total. The number of hydrogen-bond donors (Lipinski definition) is 1. The lowest BCUT2D eigenvalue weighted by Crippen LogP contribution is -2.38. The molecule has 1 aliphatic rings. The van der Waals surface area contributed by atoms with E-state index in [1.165, 1.54) is 6.42 Å². The number of carbonyl (C=O) groups is 1. The Morgan fingerprint density at radius 2 is 2.20 bits per heavy atom. The minimum absolute atomic E-state index is 0.0491. The van der Waals surface area contributed by atoms with Gasteiger partial charge in [-0.25, -0.2) is 9.48 Å². The summed E-state index contributed by atoms with van der Waals surface area (Å²) in [5.41, 5.74) is 2.09. The molecule has 3 rings (SSSR count). The van der Waals surface area contributed by atoms with E-state index < -0.39 is 0 Å². The summed E-state index contributed by atoms with van der Waals surface area (Å²) >= 11 is 0. The predicted molar refractivity (Wildman–Crippen MR) is 96.6 cm³/mol. The van der Waals surface area contributed by atoms with Gasteiger partial charge in [-0.1, -0.05) is 12.1 Å². The zero-order chi connectivity index (χ0) is 17.5. The third-order valence-corrected chi connectivity index (χ3v) is 4.49. The van der Waals surface area contributed by atoms with Crippen LogP contribution in [0.5, 0.6) is 0 Å². The van der Waals surface area contributed by atoms with Crippen molar-refractivity contribution in [2.45, 2.75) is 38.3 Å². The van der Waals surface area contributed by atoms with Gasteiger partial charge in [0.1, 0.15) is 0 Å². The summed E-state index contributed by atoms with van der Waals surface area (Å²) in [5, 5.41) is 7.19. The van der Waals surface area contributed by atoms with Crippen molar-refractivity contribution >= 4 is 6.03 Å². The lowest BCUT2D eigenvalue weighted by atomic mass is 10.1. The van der Waals surface area contributed by atoms with E-state index in [0.717, 1.165) is 37.1 Å². The van der Waals surface area contributed by atoms with E-state index in [0.29, 0.717) is 19.2 Å². The van der Waals surface area contributed by atoms with E-state index in [1.54, 1.807) is 11.1 Å². The molecule has 0 bridgehead atoms. The standard InChI is InChI=1S/C19H26N4O2/c1-22(19(24)20-12-10-18-5-2-3-14-25-18)15-16-6-8-17(9-7-16)23-13-4-11-21-23/h4,6-9,11,13,18H,2-3,5,10,12,14-15H2,1H3,(H,20,24)/t18-/m0/s1. The van der Waals surface area contributed by atoms with Crippen molar-refractivity contribution in [1.82, 2.24) is 20.0 Å². The Labute approximate surface area is 148 Å². The summed E-state index contributed by atoms with van der Waals surface area (Å²) in [5.74, 6) is 0. The molecule has 25 heavy (non-hydrogen) atoms. The van der Waals surface area contributed by atoms with E-state index in [2.05, 4.69) is 10.4 Å². The van der Waals surface area contributed by atoms with Crippen LogP contribution in [-0.2, 0) is 11.3 Å². The fourth-order valence-electron chi connectivity index (χ4n) is 3.03. The first-order chi connectivity index (χ1) is 12.2. The van der Waals surface area contributed by atoms with Crippen LogP contribution in [0.4, 0.5) is 4.79 Å². The number of nitrogens with zero attached hydrogens (tertiary/aromatic N) is 3. The molecule has 0 radical (unpaired) electrons. The molecule has 2 aromatic rings. The van der Waals surface area contributed by atoms with Crippen molar-refractivity contribution in [1.29, 1.82) is 0 Å². The fraction of sp³-hybridized carbons (Fsp3) is 0.474. The van der Waals surface area contributed by atoms with Crippen molar-refractivity contribution in [2.24, 2.45) is 0 Å². The van der Waals surface area contributed by atoms with Gasteiger partial charge in [0.05, 0.1) is 11.8 Å². The van der Waals surface area contributed by atoms with E-state index in [-0.39, 0.29) is 6.03 Å². The topological polar surface area (TPSA) is 59.4 Å². The highest BCUT2D eigenvalue weighted by atomic mass is 16.5. The van der Waals surface area contributed by atoms with Crippen LogP contribution in [0.3, 0.4) is 0 Å². The number of hydrogen-bond acceptors (Lipinski definition) is 3. The second kappa shape index (κ2) is 8.67. The zero-order valence-corrected chi connectivity index (χ0v) is 14.7. The Morgan fingerprint density at radius 1 is 1.36 bits per heavy atom. The fourth-order valence-corrected chi connectivity index (χ4v) is 3.03. The van der Waals surface area contributed by atoms with Gasteiger partial charge in [-0.2, -0.15) is 5.10 Å². The summed E-state index contributed by atoms with van der Waals surface area (Å²) in [6.45, 7) is 2.09. The Kier molecular flexibility index (Phi) is 6.06. The third kappa shape index (κ3) is 5.06. The van der Waals surface area contributed by atoms with Crippen LogP contribution in [0, 0.1) is 0 Å². The number of urea groups is 1. The Balaban J connectivity index is 1.43. The SMILES string of the molecule is CN(Cc1ccc(-n2cccn2)cc1)C(=O)NCC[C@@H]1CCCCO1. The van der Waals surface area contributed by atoms with Crippen molar-refractivity contribution < 1.29 is 9.53 Å². The molecule has 2 amide bonds. The molecule has 0 saturated carbocycles. The number of carbonyl (C=O) groups excluding carboxylic acids is 1. The smallest absolute Gasteiger partial charge is 0.317 e. The summed E-state index contributed by atoms with van der Waals surface area (Å²) < 4.78 is 7.50. The molecule has 0 unspecified atom stereocenters. The minimum atomic E-state index is -0.0491. The maximum atomic E-state index is 12.2. The van der Waals surface area contributed by atoms with Gasteiger partial charge in [-0.3, -0.25) is 0 Å². The first-order valence-electron chi connectivity index (χ1n) is 8.92. The summed E-state index contributed by atoms with van der Waals surface area (Å²) in [4.78, 5) is 13.9. The number of nitrogens with one attached hydrogen (secondary N) is 1. The quantitative estimate of drug-likeness (QED) is 0.878. The monoisotopic (exact) mass is 342 g/mol. The van der Waals surface area contributed by atoms with Gasteiger partial charge in [0.2, 0.25) is 0 Å². The number of ether oxygens (including phenoxy) is 1. The second-order valence-electron chi connectivity index (χ2n) is 6.48. The largest absolute Gasteiger partial charge is 0.378 e. The van der Waals surface area contributed by atoms with Crippen LogP contribution in [0.1, 0.15) is 31.2 Å². The van der Waals surface area contributed by atoms with Gasteiger partial charge < -0.3 is 15.0 Å². The summed E-state index contributed by atoms with van der Waals surface area (Å²) in [7, 11) is 1.81. The van der Waals surface area contributed by atoms with Gasteiger partial charge >= 0.3 is 6.03 Å². The number of aromatic nitrogens is 2. The number of benzene rings is 1. The lowest BCUT2D eigenvalue weighted by molar-refractivity contribution is 0.0118. The second-order valence-corrected chi connectivity index (χ2v) is 6.48. The van der Waals surface area contributed by atoms with Crippen LogP contribution >= 0.6 is 0 Å². The van der Waals surface area contributed by atoms with E-state index in [4.69, 9.17) is 4.74 Å². The number of rotatable bonds is 6. The molecule has 1 N–H and O–H groups in total. The van der Waals surface area contributed by atoms with Crippen molar-refractivity contribution in [2.75, 3.05) is 20.2 Å². The van der Waals surface area contributed by atoms with Crippen LogP contribution in [0.15, 0.2) is 42.7 Å². The molecule has 0 aliphatic carbocycles. The molecule has 1 aromatic heterocycles. The molecular weight excluding hydrogens is 316 g/mol. The van der Waals surface area contributed by atoms with Gasteiger partial charge in [-0.15, -0.1) is 0 Å². The van der Waals surface area contributed by atoms with Gasteiger partial charge in [0.25, 0.3) is 0 Å². The molecule has 0 spiro atoms. The Morgan fingerprint density at radius 3 is 2.88 bits per heavy atom. The third-order valence-electron chi connectivity index (χ3n) is 4.49. The average molecular weight is 342 g/mol. The molecule has 1 aromatic carbocycles. The highest BCUT2D eigenvalue weighted by Crippen LogP contribution is 2.15. The normalized spacial score (nSPS) is 17.2. The highest BCUT2D eigenvalue weighted by molar-refractivity contribution is 5.73. The van der Waals surface area contributed by atoms with E-state index in [1.807, 2.05) is 48.3 Å². The van der Waals surface area contributed by atoms with Crippen LogP contribution in [0.25, 0.3) is 5.69 Å². The highest BCUT2D eigenvalue weighted by Gasteiger charge is 2.14. The first kappa shape index (κ1) is 17.5. The molecule has 6 heteroatoms. The molecule has 1 fully saturated rings. The van der Waals surface area contributed by atoms with Crippen molar-refractivity contribution in [3.05, 3.63) is 48.3 Å². The lowest BCUT2D eigenvalue weighted by Gasteiger charge is -2.23. The summed E-state index contributed by atoms with van der Waals surface area (Å²) in [6.07, 6.45) is 8.34. The maximum Gasteiger partial charge on any atom is 0.317 e. The molecule has 1 atom stereocenters. The molecule has 134 valence electrons. The molecule has 1 saturated heterocycles. The number of amides is 2. The molecule has 1 aliphatic heterocycles. The van der Waals surface area contributed by atoms with Crippen LogP contribution in [0.2, 0.25) is 0 Å². The van der Waals surface area contributed by atoms with Gasteiger partial charge in [0, 0.05) is 39.1 Å². The predicted octanol–water partition coefficient (Wildman–Crippen LogP) is 2.97. The van der Waals surface area contributed by atoms with Gasteiger partial charge in [0.15, 0.2) is 0 Å². The Hall–Kier alpha value is -2.34. The van der Waals surface area contributed by atoms with Crippen molar-refractivity contribution in [3.8, 4) is 5.69 Å². The van der Waals surface area contributed by atoms with E-state index >= 15 is 0 Å². The molecular formula is C19H26N4O2. The maximum absolute atomic E-state index is 12.2. The van der Waals surface area contributed by atoms with Crippen LogP contribution < -0.4 is 5.32 Å². The van der Waals surface area contributed by atoms with Gasteiger partial charge in [-0.05, 0) is 49.4 Å². The minimum Gasteiger partial charge on any atom is -0.378 e. The Bertz CT molecular complexity index is 649. The van der Waals surface area contributed by atoms with Crippen LogP contribution in [-0.4, -0.2) is 47.0 Å². The summed E-state index contributed by atoms with van der Waals surface area (Å²) in [6, 6.07) is 9.91. The average Bonchev–Trinajstić information content (AvgIpc) is 3.18. The zero-order valence-electron chi connectivity index (χ0n) is 14.7. The molecule has 2 heterocycles. The van der Waals surface area contributed by atoms with Crippen molar-refractivity contribution in [3.63, 3.8) is 0 Å².